The summed E-state index contributed by atoms with van der Waals surface area (Å²) in [5, 5.41) is 10.3. The van der Waals surface area contributed by atoms with Gasteiger partial charge in [0.25, 0.3) is 0 Å². The molecule has 0 spiro atoms. The Morgan fingerprint density at radius 1 is 1.28 bits per heavy atom. The highest BCUT2D eigenvalue weighted by Crippen LogP contribution is 2.31. The third-order valence-corrected chi connectivity index (χ3v) is 3.55. The van der Waals surface area contributed by atoms with E-state index in [4.69, 9.17) is 0 Å². The molecule has 0 saturated heterocycles. The van der Waals surface area contributed by atoms with E-state index in [2.05, 4.69) is 29.1 Å². The van der Waals surface area contributed by atoms with Gasteiger partial charge in [0, 0.05) is 37.2 Å². The van der Waals surface area contributed by atoms with E-state index in [1.54, 1.807) is 12.4 Å². The molecule has 1 aliphatic heterocycles. The third kappa shape index (κ3) is 1.87. The zero-order valence-electron chi connectivity index (χ0n) is 10.4. The van der Waals surface area contributed by atoms with Gasteiger partial charge in [-0.15, -0.1) is 0 Å². The Morgan fingerprint density at radius 3 is 2.94 bits per heavy atom. The van der Waals surface area contributed by atoms with Gasteiger partial charge in [0.1, 0.15) is 6.10 Å². The monoisotopic (exact) mass is 240 g/mol. The summed E-state index contributed by atoms with van der Waals surface area (Å²) in [7, 11) is 2.10. The topological polar surface area (TPSA) is 36.4 Å². The Balaban J connectivity index is 1.94. The van der Waals surface area contributed by atoms with Crippen molar-refractivity contribution in [1.82, 2.24) is 4.98 Å². The van der Waals surface area contributed by atoms with Gasteiger partial charge in [-0.3, -0.25) is 4.98 Å². The fraction of sp³-hybridized carbons (Fsp3) is 0.267. The van der Waals surface area contributed by atoms with Crippen molar-refractivity contribution in [3.8, 4) is 0 Å². The lowest BCUT2D eigenvalue weighted by atomic mass is 10.00. The molecule has 0 amide bonds. The predicted molar refractivity (Wildman–Crippen MR) is 71.7 cm³/mol. The van der Waals surface area contributed by atoms with Gasteiger partial charge in [0.05, 0.1) is 0 Å². The minimum absolute atomic E-state index is 0.588. The minimum atomic E-state index is -0.588. The van der Waals surface area contributed by atoms with Crippen molar-refractivity contribution in [2.24, 2.45) is 0 Å². The summed E-state index contributed by atoms with van der Waals surface area (Å²) in [5.74, 6) is 0. The number of aliphatic hydroxyl groups is 1. The quantitative estimate of drug-likeness (QED) is 0.874. The van der Waals surface area contributed by atoms with Crippen LogP contribution in [-0.2, 0) is 6.42 Å². The number of fused-ring (bicyclic) bond motifs is 1. The molecule has 0 bridgehead atoms. The van der Waals surface area contributed by atoms with Gasteiger partial charge in [-0.05, 0) is 29.7 Å². The molecular weight excluding hydrogens is 224 g/mol. The molecular formula is C15H16N2O. The third-order valence-electron chi connectivity index (χ3n) is 3.55. The molecule has 3 heteroatoms. The fourth-order valence-electron chi connectivity index (χ4n) is 2.49. The Labute approximate surface area is 107 Å². The molecule has 0 aliphatic carbocycles. The molecule has 1 aromatic carbocycles. The Morgan fingerprint density at radius 2 is 2.17 bits per heavy atom. The molecule has 2 heterocycles. The van der Waals surface area contributed by atoms with Crippen molar-refractivity contribution in [2.45, 2.75) is 12.5 Å². The number of pyridine rings is 1. The van der Waals surface area contributed by atoms with E-state index in [0.717, 1.165) is 24.1 Å². The maximum Gasteiger partial charge on any atom is 0.106 e. The number of hydrogen-bond acceptors (Lipinski definition) is 3. The molecule has 1 unspecified atom stereocenters. The van der Waals surface area contributed by atoms with Crippen LogP contribution in [0.5, 0.6) is 0 Å². The van der Waals surface area contributed by atoms with Crippen LogP contribution in [0.3, 0.4) is 0 Å². The van der Waals surface area contributed by atoms with E-state index >= 15 is 0 Å². The van der Waals surface area contributed by atoms with Gasteiger partial charge < -0.3 is 10.0 Å². The van der Waals surface area contributed by atoms with Crippen LogP contribution in [0.1, 0.15) is 22.8 Å². The second-order valence-corrected chi connectivity index (χ2v) is 4.75. The lowest BCUT2D eigenvalue weighted by molar-refractivity contribution is 0.220. The fourth-order valence-corrected chi connectivity index (χ4v) is 2.49. The molecule has 92 valence electrons. The highest BCUT2D eigenvalue weighted by Gasteiger charge is 2.18. The van der Waals surface area contributed by atoms with Crippen molar-refractivity contribution < 1.29 is 5.11 Å². The number of anilines is 1. The maximum atomic E-state index is 10.3. The zero-order chi connectivity index (χ0) is 12.5. The molecule has 1 aromatic heterocycles. The van der Waals surface area contributed by atoms with Crippen molar-refractivity contribution >= 4 is 5.69 Å². The molecule has 3 nitrogen and oxygen atoms in total. The summed E-state index contributed by atoms with van der Waals surface area (Å²) in [6.07, 6.45) is 3.90. The Bertz CT molecular complexity index is 554. The summed E-state index contributed by atoms with van der Waals surface area (Å²) in [4.78, 5) is 6.29. The molecule has 1 N–H and O–H groups in total. The standard InChI is InChI=1S/C15H16N2O/c1-17-8-6-11-9-12(4-5-14(11)17)15(18)13-3-2-7-16-10-13/h2-5,7,9-10,15,18H,6,8H2,1H3. The number of nitrogens with zero attached hydrogens (tertiary/aromatic N) is 2. The first-order chi connectivity index (χ1) is 8.75. The first kappa shape index (κ1) is 11.2. The molecule has 0 radical (unpaired) electrons. The second-order valence-electron chi connectivity index (χ2n) is 4.75. The number of aliphatic hydroxyl groups excluding tert-OH is 1. The van der Waals surface area contributed by atoms with Gasteiger partial charge >= 0.3 is 0 Å². The van der Waals surface area contributed by atoms with Crippen LogP contribution in [0.4, 0.5) is 5.69 Å². The number of rotatable bonds is 2. The molecule has 0 fully saturated rings. The van der Waals surface area contributed by atoms with E-state index in [0.29, 0.717) is 0 Å². The van der Waals surface area contributed by atoms with E-state index in [1.165, 1.54) is 11.3 Å². The van der Waals surface area contributed by atoms with Crippen molar-refractivity contribution in [2.75, 3.05) is 18.5 Å². The average Bonchev–Trinajstić information content (AvgIpc) is 2.80. The maximum absolute atomic E-state index is 10.3. The molecule has 1 aliphatic rings. The van der Waals surface area contributed by atoms with Gasteiger partial charge in [-0.25, -0.2) is 0 Å². The SMILES string of the molecule is CN1CCc2cc(C(O)c3cccnc3)ccc21. The summed E-state index contributed by atoms with van der Waals surface area (Å²) in [6.45, 7) is 1.06. The Kier molecular flexibility index (Phi) is 2.76. The molecule has 2 aromatic rings. The van der Waals surface area contributed by atoms with E-state index < -0.39 is 6.10 Å². The highest BCUT2D eigenvalue weighted by atomic mass is 16.3. The van der Waals surface area contributed by atoms with Gasteiger partial charge in [-0.2, -0.15) is 0 Å². The zero-order valence-corrected chi connectivity index (χ0v) is 10.4. The predicted octanol–water partition coefficient (Wildman–Crippen LogP) is 2.16. The van der Waals surface area contributed by atoms with Crippen LogP contribution in [0, 0.1) is 0 Å². The Hall–Kier alpha value is -1.87. The summed E-state index contributed by atoms with van der Waals surface area (Å²) >= 11 is 0. The van der Waals surface area contributed by atoms with Crippen molar-refractivity contribution in [3.05, 3.63) is 59.4 Å². The lowest BCUT2D eigenvalue weighted by Crippen LogP contribution is -2.12. The van der Waals surface area contributed by atoms with Crippen molar-refractivity contribution in [3.63, 3.8) is 0 Å². The second kappa shape index (κ2) is 4.42. The van der Waals surface area contributed by atoms with Crippen LogP contribution in [0.15, 0.2) is 42.7 Å². The number of hydrogen-bond donors (Lipinski definition) is 1. The van der Waals surface area contributed by atoms with Gasteiger partial charge in [0.15, 0.2) is 0 Å². The highest BCUT2D eigenvalue weighted by molar-refractivity contribution is 5.59. The summed E-state index contributed by atoms with van der Waals surface area (Å²) < 4.78 is 0. The molecule has 3 rings (SSSR count). The summed E-state index contributed by atoms with van der Waals surface area (Å²) in [5.41, 5.74) is 4.37. The van der Waals surface area contributed by atoms with Crippen LogP contribution in [-0.4, -0.2) is 23.7 Å². The number of aromatic nitrogens is 1. The van der Waals surface area contributed by atoms with E-state index in [9.17, 15) is 5.11 Å². The minimum Gasteiger partial charge on any atom is -0.384 e. The van der Waals surface area contributed by atoms with E-state index in [1.807, 2.05) is 18.2 Å². The van der Waals surface area contributed by atoms with Crippen LogP contribution >= 0.6 is 0 Å². The van der Waals surface area contributed by atoms with Crippen LogP contribution in [0.2, 0.25) is 0 Å². The first-order valence-electron chi connectivity index (χ1n) is 6.17. The van der Waals surface area contributed by atoms with Crippen LogP contribution < -0.4 is 4.90 Å². The lowest BCUT2D eigenvalue weighted by Gasteiger charge is -2.15. The molecule has 0 saturated carbocycles. The van der Waals surface area contributed by atoms with Crippen molar-refractivity contribution in [1.29, 1.82) is 0 Å². The molecule has 18 heavy (non-hydrogen) atoms. The van der Waals surface area contributed by atoms with Crippen LogP contribution in [0.25, 0.3) is 0 Å². The smallest absolute Gasteiger partial charge is 0.106 e. The number of benzene rings is 1. The summed E-state index contributed by atoms with van der Waals surface area (Å²) in [6, 6.07) is 9.95. The van der Waals surface area contributed by atoms with E-state index in [-0.39, 0.29) is 0 Å². The normalized spacial score (nSPS) is 15.6. The van der Waals surface area contributed by atoms with Gasteiger partial charge in [-0.1, -0.05) is 18.2 Å². The van der Waals surface area contributed by atoms with Gasteiger partial charge in [0.2, 0.25) is 0 Å². The first-order valence-corrected chi connectivity index (χ1v) is 6.17. The largest absolute Gasteiger partial charge is 0.384 e. The average molecular weight is 240 g/mol. The molecule has 1 atom stereocenters. The number of likely N-dealkylation sites (N-methyl/N-ethyl adjacent to an activating group) is 1.